The van der Waals surface area contributed by atoms with Crippen molar-refractivity contribution in [3.63, 3.8) is 0 Å². The smallest absolute Gasteiger partial charge is 0.264 e. The van der Waals surface area contributed by atoms with Gasteiger partial charge in [-0.3, -0.25) is 4.79 Å². The summed E-state index contributed by atoms with van der Waals surface area (Å²) in [7, 11) is -3.94. The Labute approximate surface area is 260 Å². The summed E-state index contributed by atoms with van der Waals surface area (Å²) in [5.74, 6) is 0.227. The highest BCUT2D eigenvalue weighted by Gasteiger charge is 2.47. The van der Waals surface area contributed by atoms with E-state index in [9.17, 15) is 18.0 Å². The zero-order valence-electron chi connectivity index (χ0n) is 25.1. The summed E-state index contributed by atoms with van der Waals surface area (Å²) in [4.78, 5) is 28.3. The molecule has 9 heteroatoms. The van der Waals surface area contributed by atoms with Crippen LogP contribution in [0.3, 0.4) is 0 Å². The van der Waals surface area contributed by atoms with E-state index in [2.05, 4.69) is 21.8 Å². The van der Waals surface area contributed by atoms with E-state index < -0.39 is 26.6 Å². The Kier molecular flexibility index (Phi) is 7.91. The third-order valence-corrected chi connectivity index (χ3v) is 12.9. The van der Waals surface area contributed by atoms with Gasteiger partial charge in [0.15, 0.2) is 0 Å². The number of aryl methyl sites for hydroxylation is 1. The van der Waals surface area contributed by atoms with Gasteiger partial charge in [-0.1, -0.05) is 36.7 Å². The van der Waals surface area contributed by atoms with E-state index in [4.69, 9.17) is 16.3 Å². The SMILES string of the molecule is C[C@@H]1[C@@H](C)C/C=C/C(C)(C=O)[C@@H]2CC[C@H]2CN2C[C@@]3(CCCc4cc(Cl)ccc43)COc3ccc(cc32)C(=O)NS1(=O)=O. The number of hydrogen-bond donors (Lipinski definition) is 1. The van der Waals surface area contributed by atoms with E-state index in [0.29, 0.717) is 31.9 Å². The number of aldehydes is 1. The van der Waals surface area contributed by atoms with Gasteiger partial charge in [-0.05, 0) is 112 Å². The number of nitrogens with one attached hydrogen (secondary N) is 1. The van der Waals surface area contributed by atoms with Gasteiger partial charge < -0.3 is 14.4 Å². The number of halogens is 1. The van der Waals surface area contributed by atoms with Gasteiger partial charge in [0, 0.05) is 34.5 Å². The molecule has 0 aromatic heterocycles. The van der Waals surface area contributed by atoms with Gasteiger partial charge in [-0.15, -0.1) is 0 Å². The van der Waals surface area contributed by atoms with Crippen molar-refractivity contribution < 1.29 is 22.7 Å². The van der Waals surface area contributed by atoms with E-state index in [-0.39, 0.29) is 28.7 Å². The Hall–Kier alpha value is -2.84. The lowest BCUT2D eigenvalue weighted by atomic mass is 9.60. The predicted molar refractivity (Wildman–Crippen MR) is 169 cm³/mol. The molecule has 6 rings (SSSR count). The summed E-state index contributed by atoms with van der Waals surface area (Å²) in [6.07, 6.45) is 10.4. The average molecular weight is 625 g/mol. The molecule has 1 N–H and O–H groups in total. The van der Waals surface area contributed by atoms with Crippen LogP contribution in [0.2, 0.25) is 5.02 Å². The molecule has 2 heterocycles. The quantitative estimate of drug-likeness (QED) is 0.305. The maximum absolute atomic E-state index is 13.4. The number of carbonyl (C=O) groups excluding carboxylic acids is 2. The maximum Gasteiger partial charge on any atom is 0.264 e. The molecule has 7 nitrogen and oxygen atoms in total. The molecule has 2 aromatic rings. The van der Waals surface area contributed by atoms with Crippen molar-refractivity contribution >= 4 is 39.5 Å². The Morgan fingerprint density at radius 2 is 1.95 bits per heavy atom. The second-order valence-electron chi connectivity index (χ2n) is 13.5. The molecule has 4 aliphatic rings. The minimum Gasteiger partial charge on any atom is -0.490 e. The van der Waals surface area contributed by atoms with Crippen molar-refractivity contribution in [1.82, 2.24) is 4.72 Å². The van der Waals surface area contributed by atoms with Crippen LogP contribution in [0.4, 0.5) is 5.69 Å². The van der Waals surface area contributed by atoms with Crippen LogP contribution in [0, 0.1) is 23.2 Å². The molecule has 2 aliphatic carbocycles. The van der Waals surface area contributed by atoms with Crippen molar-refractivity contribution in [2.75, 3.05) is 24.6 Å². The van der Waals surface area contributed by atoms with Crippen LogP contribution in [0.15, 0.2) is 48.6 Å². The summed E-state index contributed by atoms with van der Waals surface area (Å²) in [5.41, 5.74) is 2.64. The van der Waals surface area contributed by atoms with Crippen LogP contribution in [0.5, 0.6) is 5.75 Å². The number of allylic oxidation sites excluding steroid dienone is 2. The Morgan fingerprint density at radius 1 is 1.14 bits per heavy atom. The molecule has 230 valence electrons. The zero-order valence-corrected chi connectivity index (χ0v) is 26.7. The molecule has 2 bridgehead atoms. The normalized spacial score (nSPS) is 34.4. The fourth-order valence-corrected chi connectivity index (χ4v) is 9.19. The summed E-state index contributed by atoms with van der Waals surface area (Å²) in [5, 5.41) is -0.0696. The van der Waals surface area contributed by atoms with Crippen molar-refractivity contribution in [3.05, 3.63) is 70.3 Å². The summed E-state index contributed by atoms with van der Waals surface area (Å²) >= 11 is 6.40. The predicted octanol–water partition coefficient (Wildman–Crippen LogP) is 6.09. The largest absolute Gasteiger partial charge is 0.490 e. The number of anilines is 1. The minimum atomic E-state index is -3.94. The number of rotatable bonds is 1. The summed E-state index contributed by atoms with van der Waals surface area (Å²) < 4.78 is 35.4. The lowest BCUT2D eigenvalue weighted by Gasteiger charge is -2.48. The van der Waals surface area contributed by atoms with Crippen LogP contribution in [0.25, 0.3) is 0 Å². The molecule has 0 radical (unpaired) electrons. The Balaban J connectivity index is 1.45. The van der Waals surface area contributed by atoms with Gasteiger partial charge in [0.1, 0.15) is 12.0 Å². The van der Waals surface area contributed by atoms with Crippen LogP contribution in [-0.4, -0.2) is 45.6 Å². The third kappa shape index (κ3) is 5.50. The van der Waals surface area contributed by atoms with Crippen LogP contribution in [0.1, 0.15) is 74.4 Å². The number of amides is 1. The van der Waals surface area contributed by atoms with Gasteiger partial charge in [-0.25, -0.2) is 13.1 Å². The van der Waals surface area contributed by atoms with Crippen molar-refractivity contribution in [3.8, 4) is 5.75 Å². The molecule has 2 aliphatic heterocycles. The van der Waals surface area contributed by atoms with Crippen LogP contribution >= 0.6 is 11.6 Å². The van der Waals surface area contributed by atoms with E-state index in [0.717, 1.165) is 49.1 Å². The van der Waals surface area contributed by atoms with Crippen molar-refractivity contribution in [2.24, 2.45) is 23.2 Å². The summed E-state index contributed by atoms with van der Waals surface area (Å²) in [6, 6.07) is 11.4. The molecular weight excluding hydrogens is 584 g/mol. The number of hydrogen-bond acceptors (Lipinski definition) is 6. The van der Waals surface area contributed by atoms with E-state index >= 15 is 0 Å². The summed E-state index contributed by atoms with van der Waals surface area (Å²) in [6.45, 7) is 7.37. The molecule has 0 saturated heterocycles. The topological polar surface area (TPSA) is 92.8 Å². The fraction of sp³-hybridized carbons (Fsp3) is 0.529. The van der Waals surface area contributed by atoms with Gasteiger partial charge in [0.2, 0.25) is 10.0 Å². The fourth-order valence-electron chi connectivity index (χ4n) is 7.71. The number of ether oxygens (including phenoxy) is 1. The van der Waals surface area contributed by atoms with Gasteiger partial charge >= 0.3 is 0 Å². The number of carbonyl (C=O) groups is 2. The third-order valence-electron chi connectivity index (χ3n) is 10.7. The highest BCUT2D eigenvalue weighted by molar-refractivity contribution is 7.90. The maximum atomic E-state index is 13.4. The van der Waals surface area contributed by atoms with Crippen LogP contribution < -0.4 is 14.4 Å². The second-order valence-corrected chi connectivity index (χ2v) is 16.0. The van der Waals surface area contributed by atoms with Gasteiger partial charge in [0.05, 0.1) is 17.5 Å². The lowest BCUT2D eigenvalue weighted by molar-refractivity contribution is -0.118. The molecule has 43 heavy (non-hydrogen) atoms. The Bertz CT molecular complexity index is 1570. The van der Waals surface area contributed by atoms with Gasteiger partial charge in [0.25, 0.3) is 5.91 Å². The first-order chi connectivity index (χ1) is 20.4. The number of sulfonamides is 1. The molecule has 1 saturated carbocycles. The van der Waals surface area contributed by atoms with E-state index in [1.807, 2.05) is 32.1 Å². The minimum absolute atomic E-state index is 0.165. The number of nitrogens with zero attached hydrogens (tertiary/aromatic N) is 1. The molecule has 1 fully saturated rings. The monoisotopic (exact) mass is 624 g/mol. The second kappa shape index (κ2) is 11.3. The number of benzene rings is 2. The molecule has 1 spiro atoms. The van der Waals surface area contributed by atoms with Crippen LogP contribution in [-0.2, 0) is 26.7 Å². The molecule has 6 atom stereocenters. The lowest BCUT2D eigenvalue weighted by Crippen LogP contribution is -2.50. The Morgan fingerprint density at radius 3 is 2.70 bits per heavy atom. The highest BCUT2D eigenvalue weighted by atomic mass is 35.5. The standard InChI is InChI=1S/C34H41ClN2O5S/c1-22-6-4-14-33(3,20-38)28-11-8-26(28)18-37-19-34(15-5-7-24-16-27(35)10-12-29(24)34)21-42-31-13-9-25(17-30(31)37)32(39)36-43(40,41)23(22)2/h4,9-10,12-14,16-17,20,22-23,26,28H,5-8,11,15,18-19,21H2,1-3H3,(H,36,39)/b14-4+/t22-,23+,26-,28+,33?,34-/m0/s1. The highest BCUT2D eigenvalue weighted by Crippen LogP contribution is 2.50. The zero-order chi connectivity index (χ0) is 30.6. The number of fused-ring (bicyclic) bond motifs is 4. The first kappa shape index (κ1) is 30.2. The molecular formula is C34H41ClN2O5S. The molecule has 1 unspecified atom stereocenters. The average Bonchev–Trinajstić information content (AvgIpc) is 3.11. The molecule has 1 amide bonds. The van der Waals surface area contributed by atoms with E-state index in [1.54, 1.807) is 25.1 Å². The van der Waals surface area contributed by atoms with Gasteiger partial charge in [-0.2, -0.15) is 0 Å². The first-order valence-electron chi connectivity index (χ1n) is 15.5. The van der Waals surface area contributed by atoms with Crippen molar-refractivity contribution in [1.29, 1.82) is 0 Å². The first-order valence-corrected chi connectivity index (χ1v) is 17.4. The van der Waals surface area contributed by atoms with E-state index in [1.165, 1.54) is 11.1 Å². The van der Waals surface area contributed by atoms with Crippen molar-refractivity contribution in [2.45, 2.75) is 70.0 Å². The molecule has 2 aromatic carbocycles.